The number of thioether (sulfide) groups is 1. The van der Waals surface area contributed by atoms with Crippen molar-refractivity contribution in [2.24, 2.45) is 0 Å². The number of aromatic nitrogens is 1. The second-order valence-electron chi connectivity index (χ2n) is 6.85. The fourth-order valence-electron chi connectivity index (χ4n) is 1.83. The molecule has 1 aromatic heterocycles. The number of nitrogens with one attached hydrogen (secondary N) is 1. The number of anilines is 1. The van der Waals surface area contributed by atoms with Crippen LogP contribution in [0, 0.1) is 5.82 Å². The van der Waals surface area contributed by atoms with Crippen molar-refractivity contribution in [3.63, 3.8) is 0 Å². The summed E-state index contributed by atoms with van der Waals surface area (Å²) in [5.41, 5.74) is -0.179. The van der Waals surface area contributed by atoms with Crippen LogP contribution in [0.1, 0.15) is 40.4 Å². The Morgan fingerprint density at radius 1 is 1.22 bits per heavy atom. The first-order valence-corrected chi connectivity index (χ1v) is 8.13. The van der Waals surface area contributed by atoms with Gasteiger partial charge in [-0.1, -0.05) is 32.0 Å². The molecule has 0 aliphatic rings. The number of carbonyl (C=O) groups excluding carboxylic acids is 1. The monoisotopic (exact) mass is 336 g/mol. The Bertz CT molecular complexity index is 705. The van der Waals surface area contributed by atoms with Crippen LogP contribution in [0.5, 0.6) is 0 Å². The van der Waals surface area contributed by atoms with Gasteiger partial charge in [0.25, 0.3) is 0 Å². The van der Waals surface area contributed by atoms with Gasteiger partial charge in [0.1, 0.15) is 11.6 Å². The van der Waals surface area contributed by atoms with E-state index in [4.69, 9.17) is 4.52 Å². The van der Waals surface area contributed by atoms with E-state index < -0.39 is 4.75 Å². The van der Waals surface area contributed by atoms with Crippen LogP contribution in [0.15, 0.2) is 39.8 Å². The lowest BCUT2D eigenvalue weighted by atomic mass is 9.93. The molecule has 0 atom stereocenters. The minimum atomic E-state index is -0.783. The van der Waals surface area contributed by atoms with Crippen LogP contribution >= 0.6 is 11.8 Å². The normalized spacial score (nSPS) is 12.3. The smallest absolute Gasteiger partial charge is 0.241 e. The van der Waals surface area contributed by atoms with Gasteiger partial charge in [-0.05, 0) is 32.0 Å². The summed E-state index contributed by atoms with van der Waals surface area (Å²) in [6.45, 7) is 9.57. The number of benzene rings is 1. The molecular weight excluding hydrogens is 315 g/mol. The summed E-state index contributed by atoms with van der Waals surface area (Å²) < 4.78 is 17.7. The SMILES string of the molecule is CC(C)(Sc1cccc(F)c1)C(=O)Nc1cc(C(C)(C)C)on1. The molecule has 0 spiro atoms. The number of rotatable bonds is 4. The van der Waals surface area contributed by atoms with Crippen molar-refractivity contribution in [3.8, 4) is 0 Å². The highest BCUT2D eigenvalue weighted by atomic mass is 32.2. The van der Waals surface area contributed by atoms with E-state index in [-0.39, 0.29) is 17.1 Å². The molecule has 2 aromatic rings. The van der Waals surface area contributed by atoms with Crippen molar-refractivity contribution >= 4 is 23.5 Å². The number of hydrogen-bond acceptors (Lipinski definition) is 4. The average molecular weight is 336 g/mol. The Balaban J connectivity index is 2.08. The first-order chi connectivity index (χ1) is 10.6. The number of amides is 1. The van der Waals surface area contributed by atoms with Gasteiger partial charge in [0.2, 0.25) is 5.91 Å². The molecule has 1 N–H and O–H groups in total. The molecule has 2 rings (SSSR count). The summed E-state index contributed by atoms with van der Waals surface area (Å²) in [7, 11) is 0. The lowest BCUT2D eigenvalue weighted by Gasteiger charge is -2.22. The zero-order chi connectivity index (χ0) is 17.3. The molecule has 23 heavy (non-hydrogen) atoms. The van der Waals surface area contributed by atoms with Gasteiger partial charge in [-0.15, -0.1) is 11.8 Å². The Kier molecular flexibility index (Phi) is 4.84. The third-order valence-corrected chi connectivity index (χ3v) is 4.39. The van der Waals surface area contributed by atoms with Gasteiger partial charge in [-0.25, -0.2) is 4.39 Å². The van der Waals surface area contributed by atoms with E-state index in [2.05, 4.69) is 10.5 Å². The van der Waals surface area contributed by atoms with E-state index in [0.717, 1.165) is 0 Å². The zero-order valence-electron chi connectivity index (χ0n) is 13.9. The van der Waals surface area contributed by atoms with E-state index in [1.54, 1.807) is 32.0 Å². The van der Waals surface area contributed by atoms with Crippen LogP contribution in [0.2, 0.25) is 0 Å². The topological polar surface area (TPSA) is 55.1 Å². The summed E-state index contributed by atoms with van der Waals surface area (Å²) in [6.07, 6.45) is 0. The quantitative estimate of drug-likeness (QED) is 0.828. The molecule has 124 valence electrons. The van der Waals surface area contributed by atoms with E-state index in [1.165, 1.54) is 23.9 Å². The van der Waals surface area contributed by atoms with Gasteiger partial charge in [0.15, 0.2) is 5.82 Å². The molecule has 0 aliphatic heterocycles. The molecule has 6 heteroatoms. The lowest BCUT2D eigenvalue weighted by Crippen LogP contribution is -2.34. The number of hydrogen-bond donors (Lipinski definition) is 1. The van der Waals surface area contributed by atoms with Crippen molar-refractivity contribution < 1.29 is 13.7 Å². The highest BCUT2D eigenvalue weighted by Crippen LogP contribution is 2.34. The molecule has 1 heterocycles. The van der Waals surface area contributed by atoms with Crippen molar-refractivity contribution in [2.75, 3.05) is 5.32 Å². The molecule has 0 fully saturated rings. The van der Waals surface area contributed by atoms with E-state index in [0.29, 0.717) is 16.5 Å². The van der Waals surface area contributed by atoms with Crippen molar-refractivity contribution in [1.29, 1.82) is 0 Å². The highest BCUT2D eigenvalue weighted by Gasteiger charge is 2.30. The molecule has 4 nitrogen and oxygen atoms in total. The maximum absolute atomic E-state index is 13.3. The maximum Gasteiger partial charge on any atom is 0.241 e. The van der Waals surface area contributed by atoms with Crippen LogP contribution in [0.25, 0.3) is 0 Å². The van der Waals surface area contributed by atoms with Crippen molar-refractivity contribution in [3.05, 3.63) is 41.9 Å². The van der Waals surface area contributed by atoms with Crippen LogP contribution in [-0.4, -0.2) is 15.8 Å². The van der Waals surface area contributed by atoms with Gasteiger partial charge >= 0.3 is 0 Å². The Morgan fingerprint density at radius 2 is 1.91 bits per heavy atom. The van der Waals surface area contributed by atoms with E-state index >= 15 is 0 Å². The molecule has 0 unspecified atom stereocenters. The first kappa shape index (κ1) is 17.5. The Hall–Kier alpha value is -1.82. The predicted molar refractivity (Wildman–Crippen MR) is 90.2 cm³/mol. The number of nitrogens with zero attached hydrogens (tertiary/aromatic N) is 1. The molecule has 0 saturated carbocycles. The minimum absolute atomic E-state index is 0.179. The summed E-state index contributed by atoms with van der Waals surface area (Å²) in [5.74, 6) is 0.536. The van der Waals surface area contributed by atoms with Gasteiger partial charge in [0.05, 0.1) is 4.75 Å². The minimum Gasteiger partial charge on any atom is -0.359 e. The average Bonchev–Trinajstić information content (AvgIpc) is 2.86. The third-order valence-electron chi connectivity index (χ3n) is 3.21. The van der Waals surface area contributed by atoms with Gasteiger partial charge in [-0.3, -0.25) is 4.79 Å². The molecule has 0 radical (unpaired) electrons. The molecule has 1 amide bonds. The molecule has 1 aromatic carbocycles. The van der Waals surface area contributed by atoms with Gasteiger partial charge in [-0.2, -0.15) is 0 Å². The molecule has 0 aliphatic carbocycles. The molecule has 0 bridgehead atoms. The number of carbonyl (C=O) groups is 1. The summed E-state index contributed by atoms with van der Waals surface area (Å²) in [5, 5.41) is 6.63. The lowest BCUT2D eigenvalue weighted by molar-refractivity contribution is -0.117. The first-order valence-electron chi connectivity index (χ1n) is 7.31. The van der Waals surface area contributed by atoms with Crippen molar-refractivity contribution in [2.45, 2.75) is 49.7 Å². The fourth-order valence-corrected chi connectivity index (χ4v) is 2.88. The Labute approximate surface area is 139 Å². The standard InChI is InChI=1S/C17H21FN2O2S/c1-16(2,3)13-10-14(20-22-13)19-15(21)17(4,5)23-12-8-6-7-11(18)9-12/h6-10H,1-5H3,(H,19,20,21). The number of halogens is 1. The summed E-state index contributed by atoms with van der Waals surface area (Å²) in [6, 6.07) is 7.91. The summed E-state index contributed by atoms with van der Waals surface area (Å²) in [4.78, 5) is 13.2. The highest BCUT2D eigenvalue weighted by molar-refractivity contribution is 8.01. The maximum atomic E-state index is 13.3. The van der Waals surface area contributed by atoms with E-state index in [1.807, 2.05) is 20.8 Å². The van der Waals surface area contributed by atoms with Crippen LogP contribution in [0.3, 0.4) is 0 Å². The van der Waals surface area contributed by atoms with Crippen LogP contribution in [-0.2, 0) is 10.2 Å². The zero-order valence-corrected chi connectivity index (χ0v) is 14.8. The second-order valence-corrected chi connectivity index (χ2v) is 8.55. The van der Waals surface area contributed by atoms with Crippen LogP contribution < -0.4 is 5.32 Å². The fraction of sp³-hybridized carbons (Fsp3) is 0.412. The van der Waals surface area contributed by atoms with Gasteiger partial charge in [0, 0.05) is 16.4 Å². The molecule has 0 saturated heterocycles. The largest absolute Gasteiger partial charge is 0.359 e. The summed E-state index contributed by atoms with van der Waals surface area (Å²) >= 11 is 1.29. The van der Waals surface area contributed by atoms with E-state index in [9.17, 15) is 9.18 Å². The van der Waals surface area contributed by atoms with Gasteiger partial charge < -0.3 is 9.84 Å². The predicted octanol–water partition coefficient (Wildman–Crippen LogP) is 4.62. The van der Waals surface area contributed by atoms with Crippen molar-refractivity contribution in [1.82, 2.24) is 5.16 Å². The molecular formula is C17H21FN2O2S. The second kappa shape index (κ2) is 6.35. The third kappa shape index (κ3) is 4.58. The van der Waals surface area contributed by atoms with Crippen LogP contribution in [0.4, 0.5) is 10.2 Å². The Morgan fingerprint density at radius 3 is 2.48 bits per heavy atom.